The molecule has 0 spiro atoms. The normalized spacial score (nSPS) is 11.7. The Morgan fingerprint density at radius 3 is 2.00 bits per heavy atom. The van der Waals surface area contributed by atoms with Crippen molar-refractivity contribution < 1.29 is 13.2 Å². The minimum Gasteiger partial charge on any atom is -0.336 e. The van der Waals surface area contributed by atoms with Crippen LogP contribution in [0.3, 0.4) is 0 Å². The zero-order valence-corrected chi connectivity index (χ0v) is 12.3. The molecule has 4 nitrogen and oxygen atoms in total. The van der Waals surface area contributed by atoms with Gasteiger partial charge in [-0.3, -0.25) is 0 Å². The fraction of sp³-hybridized carbons (Fsp3) is 0.0667. The first kappa shape index (κ1) is 15.4. The van der Waals surface area contributed by atoms with Crippen LogP contribution in [0.4, 0.5) is 13.2 Å². The van der Waals surface area contributed by atoms with Crippen LogP contribution in [0, 0.1) is 0 Å². The summed E-state index contributed by atoms with van der Waals surface area (Å²) < 4.78 is 40.4. The maximum absolute atomic E-state index is 13.1. The number of nitrogens with two attached hydrogens (primary N) is 1. The minimum absolute atomic E-state index is 0.0900. The van der Waals surface area contributed by atoms with Gasteiger partial charge in [0.25, 0.3) is 0 Å². The monoisotopic (exact) mass is 338 g/mol. The lowest BCUT2D eigenvalue weighted by molar-refractivity contribution is -0.137. The van der Waals surface area contributed by atoms with Gasteiger partial charge in [-0.05, 0) is 18.2 Å². The lowest BCUT2D eigenvalue weighted by Gasteiger charge is -2.12. The average molecular weight is 339 g/mol. The molecule has 118 valence electrons. The number of aromatic nitrogens is 3. The molecule has 0 aliphatic rings. The molecular formula is C15H10ClF3N4. The second-order valence-corrected chi connectivity index (χ2v) is 5.15. The topological polar surface area (TPSA) is 56.7 Å². The van der Waals surface area contributed by atoms with Gasteiger partial charge in [-0.1, -0.05) is 41.9 Å². The molecule has 0 aliphatic heterocycles. The largest absolute Gasteiger partial charge is 0.417 e. The van der Waals surface area contributed by atoms with Gasteiger partial charge in [0.2, 0.25) is 0 Å². The van der Waals surface area contributed by atoms with Gasteiger partial charge in [-0.25, -0.2) is 4.68 Å². The molecule has 1 aromatic heterocycles. The molecule has 3 aromatic rings. The molecule has 2 aromatic carbocycles. The van der Waals surface area contributed by atoms with Gasteiger partial charge >= 0.3 is 6.18 Å². The van der Waals surface area contributed by atoms with E-state index in [4.69, 9.17) is 17.4 Å². The standard InChI is InChI=1S/C15H10ClF3N4/c16-12-8-4-2-6-10(12)14-22-21-13(23(14)20)9-5-1-3-7-11(9)15(17,18)19/h1-8H,20H2. The van der Waals surface area contributed by atoms with Gasteiger partial charge in [-0.15, -0.1) is 10.2 Å². The minimum atomic E-state index is -4.52. The van der Waals surface area contributed by atoms with Gasteiger partial charge in [0.1, 0.15) is 0 Å². The van der Waals surface area contributed by atoms with Crippen molar-refractivity contribution in [3.63, 3.8) is 0 Å². The van der Waals surface area contributed by atoms with Crippen molar-refractivity contribution in [2.75, 3.05) is 5.84 Å². The SMILES string of the molecule is Nn1c(-c2ccccc2Cl)nnc1-c1ccccc1C(F)(F)F. The highest BCUT2D eigenvalue weighted by Gasteiger charge is 2.34. The molecule has 0 aliphatic carbocycles. The van der Waals surface area contributed by atoms with Crippen molar-refractivity contribution in [1.29, 1.82) is 0 Å². The van der Waals surface area contributed by atoms with E-state index in [1.165, 1.54) is 18.2 Å². The molecular weight excluding hydrogens is 329 g/mol. The predicted molar refractivity (Wildman–Crippen MR) is 81.1 cm³/mol. The van der Waals surface area contributed by atoms with Gasteiger partial charge in [0.15, 0.2) is 11.6 Å². The van der Waals surface area contributed by atoms with Crippen LogP contribution in [0.2, 0.25) is 5.02 Å². The third-order valence-corrected chi connectivity index (χ3v) is 3.61. The number of alkyl halides is 3. The molecule has 1 heterocycles. The Morgan fingerprint density at radius 1 is 0.870 bits per heavy atom. The van der Waals surface area contributed by atoms with E-state index in [0.29, 0.717) is 10.6 Å². The van der Waals surface area contributed by atoms with Crippen LogP contribution in [0.25, 0.3) is 22.8 Å². The molecule has 8 heteroatoms. The second-order valence-electron chi connectivity index (χ2n) is 4.74. The Kier molecular flexibility index (Phi) is 3.73. The fourth-order valence-corrected chi connectivity index (χ4v) is 2.45. The smallest absolute Gasteiger partial charge is 0.336 e. The highest BCUT2D eigenvalue weighted by molar-refractivity contribution is 6.33. The first-order chi connectivity index (χ1) is 10.9. The second kappa shape index (κ2) is 5.58. The van der Waals surface area contributed by atoms with E-state index in [2.05, 4.69) is 10.2 Å². The molecule has 0 bridgehead atoms. The molecule has 0 fully saturated rings. The maximum atomic E-state index is 13.1. The summed E-state index contributed by atoms with van der Waals surface area (Å²) in [6, 6.07) is 11.8. The number of halogens is 4. The molecule has 0 atom stereocenters. The number of benzene rings is 2. The van der Waals surface area contributed by atoms with E-state index in [-0.39, 0.29) is 17.2 Å². The Morgan fingerprint density at radius 2 is 1.39 bits per heavy atom. The van der Waals surface area contributed by atoms with E-state index in [1.54, 1.807) is 24.3 Å². The summed E-state index contributed by atoms with van der Waals surface area (Å²) in [5.41, 5.74) is -0.488. The highest BCUT2D eigenvalue weighted by atomic mass is 35.5. The van der Waals surface area contributed by atoms with Gasteiger partial charge in [0, 0.05) is 11.1 Å². The molecule has 2 N–H and O–H groups in total. The third kappa shape index (κ3) is 2.75. The maximum Gasteiger partial charge on any atom is 0.417 e. The van der Waals surface area contributed by atoms with E-state index >= 15 is 0 Å². The van der Waals surface area contributed by atoms with Crippen molar-refractivity contribution in [1.82, 2.24) is 14.9 Å². The van der Waals surface area contributed by atoms with Crippen LogP contribution in [0.15, 0.2) is 48.5 Å². The van der Waals surface area contributed by atoms with Crippen molar-refractivity contribution >= 4 is 11.6 Å². The van der Waals surface area contributed by atoms with Crippen LogP contribution in [0.5, 0.6) is 0 Å². The molecule has 0 saturated heterocycles. The summed E-state index contributed by atoms with van der Waals surface area (Å²) in [6.45, 7) is 0. The van der Waals surface area contributed by atoms with Crippen LogP contribution in [0.1, 0.15) is 5.56 Å². The Bertz CT molecular complexity index is 858. The van der Waals surface area contributed by atoms with Crippen molar-refractivity contribution in [3.8, 4) is 22.8 Å². The Labute approximate surface area is 134 Å². The molecule has 0 unspecified atom stereocenters. The Hall–Kier alpha value is -2.54. The summed E-state index contributed by atoms with van der Waals surface area (Å²) in [5, 5.41) is 8.07. The molecule has 23 heavy (non-hydrogen) atoms. The van der Waals surface area contributed by atoms with E-state index < -0.39 is 11.7 Å². The predicted octanol–water partition coefficient (Wildman–Crippen LogP) is 4.00. The summed E-state index contributed by atoms with van der Waals surface area (Å²) in [4.78, 5) is 0. The summed E-state index contributed by atoms with van der Waals surface area (Å²) in [7, 11) is 0. The lowest BCUT2D eigenvalue weighted by atomic mass is 10.1. The average Bonchev–Trinajstić information content (AvgIpc) is 2.88. The first-order valence-corrected chi connectivity index (χ1v) is 6.89. The number of nitrogens with zero attached hydrogens (tertiary/aromatic N) is 3. The van der Waals surface area contributed by atoms with E-state index in [1.807, 2.05) is 0 Å². The van der Waals surface area contributed by atoms with E-state index in [9.17, 15) is 13.2 Å². The van der Waals surface area contributed by atoms with Crippen LogP contribution >= 0.6 is 11.6 Å². The summed E-state index contributed by atoms with van der Waals surface area (Å²) in [6.07, 6.45) is -4.52. The zero-order valence-electron chi connectivity index (χ0n) is 11.5. The Balaban J connectivity index is 2.17. The van der Waals surface area contributed by atoms with Gasteiger partial charge in [-0.2, -0.15) is 13.2 Å². The fourth-order valence-electron chi connectivity index (χ4n) is 2.23. The summed E-state index contributed by atoms with van der Waals surface area (Å²) >= 11 is 6.07. The number of hydrogen-bond acceptors (Lipinski definition) is 3. The van der Waals surface area contributed by atoms with Crippen LogP contribution < -0.4 is 5.84 Å². The van der Waals surface area contributed by atoms with Crippen LogP contribution in [-0.4, -0.2) is 14.9 Å². The number of nitrogen functional groups attached to an aromatic ring is 1. The lowest BCUT2D eigenvalue weighted by Crippen LogP contribution is -2.14. The van der Waals surface area contributed by atoms with Gasteiger partial charge < -0.3 is 5.84 Å². The molecule has 0 saturated carbocycles. The quantitative estimate of drug-likeness (QED) is 0.719. The molecule has 3 rings (SSSR count). The van der Waals surface area contributed by atoms with E-state index in [0.717, 1.165) is 10.7 Å². The first-order valence-electron chi connectivity index (χ1n) is 6.51. The number of rotatable bonds is 2. The van der Waals surface area contributed by atoms with Crippen molar-refractivity contribution in [2.45, 2.75) is 6.18 Å². The van der Waals surface area contributed by atoms with Crippen LogP contribution in [-0.2, 0) is 6.18 Å². The van der Waals surface area contributed by atoms with Gasteiger partial charge in [0.05, 0.1) is 10.6 Å². The molecule has 0 amide bonds. The number of hydrogen-bond donors (Lipinski definition) is 1. The van der Waals surface area contributed by atoms with Crippen molar-refractivity contribution in [2.24, 2.45) is 0 Å². The molecule has 0 radical (unpaired) electrons. The summed E-state index contributed by atoms with van der Waals surface area (Å²) in [5.74, 6) is 6.01. The third-order valence-electron chi connectivity index (χ3n) is 3.28. The van der Waals surface area contributed by atoms with Crippen molar-refractivity contribution in [3.05, 3.63) is 59.1 Å². The zero-order chi connectivity index (χ0) is 16.6. The highest BCUT2D eigenvalue weighted by Crippen LogP contribution is 2.37.